The van der Waals surface area contributed by atoms with Gasteiger partial charge in [0.1, 0.15) is 6.10 Å². The standard InChI is InChI=1S/C13H14O4/c14-11(15)7-6-10-8-12(16)17-13(10)9-4-2-1-3-5-9/h1-5,10,13H,6-8H2,(H,14,15). The van der Waals surface area contributed by atoms with Crippen LogP contribution in [0.5, 0.6) is 0 Å². The number of carbonyl (C=O) groups excluding carboxylic acids is 1. The van der Waals surface area contributed by atoms with E-state index in [1.807, 2.05) is 30.3 Å². The van der Waals surface area contributed by atoms with E-state index in [1.165, 1.54) is 0 Å². The monoisotopic (exact) mass is 234 g/mol. The van der Waals surface area contributed by atoms with Crippen LogP contribution in [0.1, 0.15) is 30.9 Å². The zero-order chi connectivity index (χ0) is 12.3. The Labute approximate surface area is 99.2 Å². The first kappa shape index (κ1) is 11.6. The number of ether oxygens (including phenoxy) is 1. The molecule has 0 bridgehead atoms. The summed E-state index contributed by atoms with van der Waals surface area (Å²) in [4.78, 5) is 21.9. The van der Waals surface area contributed by atoms with E-state index >= 15 is 0 Å². The molecule has 2 atom stereocenters. The third-order valence-corrected chi connectivity index (χ3v) is 2.97. The van der Waals surface area contributed by atoms with Crippen LogP contribution >= 0.6 is 0 Å². The van der Waals surface area contributed by atoms with Crippen LogP contribution in [0, 0.1) is 5.92 Å². The Kier molecular flexibility index (Phi) is 3.42. The van der Waals surface area contributed by atoms with Crippen LogP contribution in [0.4, 0.5) is 0 Å². The summed E-state index contributed by atoms with van der Waals surface area (Å²) >= 11 is 0. The second kappa shape index (κ2) is 4.99. The van der Waals surface area contributed by atoms with Gasteiger partial charge < -0.3 is 9.84 Å². The Hall–Kier alpha value is -1.84. The molecule has 17 heavy (non-hydrogen) atoms. The van der Waals surface area contributed by atoms with E-state index in [1.54, 1.807) is 0 Å². The van der Waals surface area contributed by atoms with Crippen LogP contribution in [-0.2, 0) is 14.3 Å². The van der Waals surface area contributed by atoms with Gasteiger partial charge in [0.05, 0.1) is 6.42 Å². The van der Waals surface area contributed by atoms with Gasteiger partial charge in [-0.15, -0.1) is 0 Å². The molecular weight excluding hydrogens is 220 g/mol. The van der Waals surface area contributed by atoms with Crippen molar-refractivity contribution in [2.45, 2.75) is 25.4 Å². The topological polar surface area (TPSA) is 63.6 Å². The van der Waals surface area contributed by atoms with Gasteiger partial charge in [0.2, 0.25) is 0 Å². The lowest BCUT2D eigenvalue weighted by Gasteiger charge is -2.16. The normalized spacial score (nSPS) is 23.4. The lowest BCUT2D eigenvalue weighted by Crippen LogP contribution is -2.09. The molecule has 1 aliphatic rings. The van der Waals surface area contributed by atoms with E-state index in [-0.39, 0.29) is 24.4 Å². The Morgan fingerprint density at radius 3 is 2.71 bits per heavy atom. The van der Waals surface area contributed by atoms with Gasteiger partial charge in [0, 0.05) is 12.3 Å². The van der Waals surface area contributed by atoms with Crippen molar-refractivity contribution in [3.8, 4) is 0 Å². The minimum absolute atomic E-state index is 0.0269. The number of rotatable bonds is 4. The molecule has 0 radical (unpaired) electrons. The SMILES string of the molecule is O=C(O)CCC1CC(=O)OC1c1ccccc1. The van der Waals surface area contributed by atoms with Gasteiger partial charge in [0.15, 0.2) is 0 Å². The average Bonchev–Trinajstić information content (AvgIpc) is 2.69. The number of benzene rings is 1. The molecule has 1 aromatic carbocycles. The summed E-state index contributed by atoms with van der Waals surface area (Å²) in [6.07, 6.45) is 0.570. The van der Waals surface area contributed by atoms with Gasteiger partial charge in [-0.3, -0.25) is 9.59 Å². The van der Waals surface area contributed by atoms with Crippen LogP contribution in [0.2, 0.25) is 0 Å². The predicted octanol–water partition coefficient (Wildman–Crippen LogP) is 2.16. The molecule has 90 valence electrons. The third kappa shape index (κ3) is 2.84. The fourth-order valence-corrected chi connectivity index (χ4v) is 2.15. The first-order valence-electron chi connectivity index (χ1n) is 5.63. The number of hydrogen-bond donors (Lipinski definition) is 1. The van der Waals surface area contributed by atoms with Crippen LogP contribution in [-0.4, -0.2) is 17.0 Å². The van der Waals surface area contributed by atoms with Crippen molar-refractivity contribution in [2.75, 3.05) is 0 Å². The largest absolute Gasteiger partial charge is 0.481 e. The first-order chi connectivity index (χ1) is 8.16. The minimum Gasteiger partial charge on any atom is -0.481 e. The lowest BCUT2D eigenvalue weighted by atomic mass is 9.91. The molecule has 2 rings (SSSR count). The Morgan fingerprint density at radius 2 is 2.06 bits per heavy atom. The van der Waals surface area contributed by atoms with Gasteiger partial charge in [-0.2, -0.15) is 0 Å². The molecule has 1 saturated heterocycles. The maximum absolute atomic E-state index is 11.3. The number of cyclic esters (lactones) is 1. The van der Waals surface area contributed by atoms with E-state index in [4.69, 9.17) is 9.84 Å². The first-order valence-corrected chi connectivity index (χ1v) is 5.63. The van der Waals surface area contributed by atoms with Crippen LogP contribution in [0.3, 0.4) is 0 Å². The van der Waals surface area contributed by atoms with Crippen molar-refractivity contribution >= 4 is 11.9 Å². The van der Waals surface area contributed by atoms with Gasteiger partial charge in [0.25, 0.3) is 0 Å². The highest BCUT2D eigenvalue weighted by atomic mass is 16.5. The maximum atomic E-state index is 11.3. The zero-order valence-electron chi connectivity index (χ0n) is 9.33. The number of carboxylic acids is 1. The fraction of sp³-hybridized carbons (Fsp3) is 0.385. The summed E-state index contributed by atoms with van der Waals surface area (Å²) in [6, 6.07) is 9.46. The smallest absolute Gasteiger partial charge is 0.306 e. The fourth-order valence-electron chi connectivity index (χ4n) is 2.15. The Morgan fingerprint density at radius 1 is 1.35 bits per heavy atom. The van der Waals surface area contributed by atoms with E-state index in [0.29, 0.717) is 12.8 Å². The summed E-state index contributed by atoms with van der Waals surface area (Å²) in [5, 5.41) is 8.67. The lowest BCUT2D eigenvalue weighted by molar-refractivity contribution is -0.141. The highest BCUT2D eigenvalue weighted by Crippen LogP contribution is 2.37. The second-order valence-electron chi connectivity index (χ2n) is 4.22. The summed E-state index contributed by atoms with van der Waals surface area (Å²) in [7, 11) is 0. The Balaban J connectivity index is 2.09. The summed E-state index contributed by atoms with van der Waals surface area (Å²) in [5.41, 5.74) is 0.939. The molecule has 0 saturated carbocycles. The molecule has 1 aromatic rings. The molecule has 2 unspecified atom stereocenters. The minimum atomic E-state index is -0.837. The second-order valence-corrected chi connectivity index (χ2v) is 4.22. The third-order valence-electron chi connectivity index (χ3n) is 2.97. The highest BCUT2D eigenvalue weighted by molar-refractivity contribution is 5.73. The van der Waals surface area contributed by atoms with Crippen molar-refractivity contribution in [1.82, 2.24) is 0 Å². The van der Waals surface area contributed by atoms with E-state index in [0.717, 1.165) is 5.56 Å². The molecule has 4 heteroatoms. The molecule has 0 aliphatic carbocycles. The van der Waals surface area contributed by atoms with Crippen molar-refractivity contribution in [1.29, 1.82) is 0 Å². The molecule has 1 N–H and O–H groups in total. The number of hydrogen-bond acceptors (Lipinski definition) is 3. The number of aliphatic carboxylic acids is 1. The number of esters is 1. The highest BCUT2D eigenvalue weighted by Gasteiger charge is 2.35. The van der Waals surface area contributed by atoms with Crippen LogP contribution in [0.25, 0.3) is 0 Å². The van der Waals surface area contributed by atoms with Gasteiger partial charge >= 0.3 is 11.9 Å². The van der Waals surface area contributed by atoms with E-state index in [2.05, 4.69) is 0 Å². The molecule has 0 aromatic heterocycles. The number of carboxylic acid groups (broad SMARTS) is 1. The quantitative estimate of drug-likeness (QED) is 0.811. The van der Waals surface area contributed by atoms with E-state index in [9.17, 15) is 9.59 Å². The van der Waals surface area contributed by atoms with Gasteiger partial charge in [-0.25, -0.2) is 0 Å². The van der Waals surface area contributed by atoms with Crippen molar-refractivity contribution in [2.24, 2.45) is 5.92 Å². The Bertz CT molecular complexity index is 413. The molecule has 1 fully saturated rings. The predicted molar refractivity (Wildman–Crippen MR) is 60.3 cm³/mol. The van der Waals surface area contributed by atoms with Crippen molar-refractivity contribution in [3.63, 3.8) is 0 Å². The van der Waals surface area contributed by atoms with Gasteiger partial charge in [-0.1, -0.05) is 30.3 Å². The van der Waals surface area contributed by atoms with Crippen LogP contribution < -0.4 is 0 Å². The van der Waals surface area contributed by atoms with Gasteiger partial charge in [-0.05, 0) is 12.0 Å². The summed E-state index contributed by atoms with van der Waals surface area (Å²) in [6.45, 7) is 0. The molecule has 1 aliphatic heterocycles. The number of carbonyl (C=O) groups is 2. The average molecular weight is 234 g/mol. The van der Waals surface area contributed by atoms with Crippen molar-refractivity contribution in [3.05, 3.63) is 35.9 Å². The summed E-state index contributed by atoms with van der Waals surface area (Å²) < 4.78 is 5.26. The van der Waals surface area contributed by atoms with Crippen molar-refractivity contribution < 1.29 is 19.4 Å². The van der Waals surface area contributed by atoms with Crippen LogP contribution in [0.15, 0.2) is 30.3 Å². The molecule has 0 spiro atoms. The maximum Gasteiger partial charge on any atom is 0.306 e. The molecular formula is C13H14O4. The molecule has 0 amide bonds. The zero-order valence-corrected chi connectivity index (χ0v) is 9.33. The van der Waals surface area contributed by atoms with E-state index < -0.39 is 5.97 Å². The molecule has 1 heterocycles. The summed E-state index contributed by atoms with van der Waals surface area (Å²) in [5.74, 6) is -1.11. The molecule has 4 nitrogen and oxygen atoms in total.